The maximum atomic E-state index is 12.1. The maximum Gasteiger partial charge on any atom is 0.271 e. The molecule has 1 aromatic heterocycles. The normalized spacial score (nSPS) is 13.2. The van der Waals surface area contributed by atoms with Gasteiger partial charge in [0.1, 0.15) is 5.76 Å². The van der Waals surface area contributed by atoms with Crippen molar-refractivity contribution >= 4 is 17.3 Å². The first-order valence-electron chi connectivity index (χ1n) is 7.44. The number of nitro benzene ring substituents is 1. The molecule has 2 unspecified atom stereocenters. The van der Waals surface area contributed by atoms with Gasteiger partial charge in [0, 0.05) is 30.3 Å². The molecule has 8 nitrogen and oxygen atoms in total. The third-order valence-electron chi connectivity index (χ3n) is 3.39. The Kier molecular flexibility index (Phi) is 6.05. The summed E-state index contributed by atoms with van der Waals surface area (Å²) in [6, 6.07) is 8.58. The van der Waals surface area contributed by atoms with E-state index in [0.717, 1.165) is 0 Å². The van der Waals surface area contributed by atoms with Crippen LogP contribution in [0.3, 0.4) is 0 Å². The Hall–Kier alpha value is -2.71. The molecule has 0 bridgehead atoms. The number of anilines is 1. The first kappa shape index (κ1) is 17.6. The molecule has 1 heterocycles. The van der Waals surface area contributed by atoms with Gasteiger partial charge in [0.05, 0.1) is 23.8 Å². The average molecular weight is 333 g/mol. The largest absolute Gasteiger partial charge is 0.468 e. The second kappa shape index (κ2) is 8.23. The molecule has 8 heteroatoms. The summed E-state index contributed by atoms with van der Waals surface area (Å²) in [6.07, 6.45) is 1.65. The second-order valence-electron chi connectivity index (χ2n) is 5.38. The van der Waals surface area contributed by atoms with Crippen molar-refractivity contribution in [2.24, 2.45) is 0 Å². The number of aliphatic hydroxyl groups is 1. The van der Waals surface area contributed by atoms with Gasteiger partial charge < -0.3 is 20.2 Å². The van der Waals surface area contributed by atoms with Gasteiger partial charge in [-0.05, 0) is 25.1 Å². The molecular weight excluding hydrogens is 314 g/mol. The van der Waals surface area contributed by atoms with Gasteiger partial charge in [0.2, 0.25) is 5.91 Å². The lowest BCUT2D eigenvalue weighted by atomic mass is 10.1. The maximum absolute atomic E-state index is 12.1. The Labute approximate surface area is 138 Å². The van der Waals surface area contributed by atoms with E-state index in [9.17, 15) is 20.0 Å². The highest BCUT2D eigenvalue weighted by molar-refractivity contribution is 5.91. The molecule has 0 aliphatic rings. The number of nitro groups is 1. The number of furan rings is 1. The van der Waals surface area contributed by atoms with E-state index in [0.29, 0.717) is 11.4 Å². The number of hydrogen-bond donors (Lipinski definition) is 3. The molecule has 0 saturated heterocycles. The topological polar surface area (TPSA) is 118 Å². The first-order chi connectivity index (χ1) is 11.5. The third kappa shape index (κ3) is 4.90. The van der Waals surface area contributed by atoms with E-state index in [1.165, 1.54) is 24.5 Å². The number of benzene rings is 1. The smallest absolute Gasteiger partial charge is 0.271 e. The van der Waals surface area contributed by atoms with Crippen molar-refractivity contribution in [2.75, 3.05) is 11.9 Å². The zero-order valence-corrected chi connectivity index (χ0v) is 13.1. The molecule has 2 rings (SSSR count). The van der Waals surface area contributed by atoms with E-state index >= 15 is 0 Å². The number of nitrogens with one attached hydrogen (secondary N) is 2. The van der Waals surface area contributed by atoms with Crippen LogP contribution < -0.4 is 10.6 Å². The van der Waals surface area contributed by atoms with Crippen LogP contribution in [0.25, 0.3) is 0 Å². The number of carbonyl (C=O) groups is 1. The summed E-state index contributed by atoms with van der Waals surface area (Å²) in [5.74, 6) is 0.301. The average Bonchev–Trinajstić information content (AvgIpc) is 3.06. The minimum Gasteiger partial charge on any atom is -0.468 e. The van der Waals surface area contributed by atoms with Crippen LogP contribution in [0.15, 0.2) is 47.1 Å². The molecule has 0 spiro atoms. The molecule has 24 heavy (non-hydrogen) atoms. The molecule has 0 saturated carbocycles. The predicted molar refractivity (Wildman–Crippen MR) is 87.5 cm³/mol. The standard InChI is InChI=1S/C16H19N3O5/c1-11(17-14(10-20)15-6-3-7-24-15)8-16(21)18-12-4-2-5-13(9-12)19(22)23/h2-7,9,11,14,17,20H,8,10H2,1H3,(H,18,21). The van der Waals surface area contributed by atoms with Crippen molar-refractivity contribution < 1.29 is 19.2 Å². The fraction of sp³-hybridized carbons (Fsp3) is 0.312. The molecule has 0 fully saturated rings. The van der Waals surface area contributed by atoms with Crippen LogP contribution in [-0.4, -0.2) is 28.6 Å². The summed E-state index contributed by atoms with van der Waals surface area (Å²) in [5.41, 5.74) is 0.281. The van der Waals surface area contributed by atoms with Crippen LogP contribution >= 0.6 is 0 Å². The number of hydrogen-bond acceptors (Lipinski definition) is 6. The predicted octanol–water partition coefficient (Wildman–Crippen LogP) is 2.23. The lowest BCUT2D eigenvalue weighted by Crippen LogP contribution is -2.35. The Morgan fingerprint density at radius 1 is 1.38 bits per heavy atom. The Bertz CT molecular complexity index is 687. The highest BCUT2D eigenvalue weighted by Crippen LogP contribution is 2.18. The zero-order chi connectivity index (χ0) is 17.5. The van der Waals surface area contributed by atoms with Crippen molar-refractivity contribution in [1.82, 2.24) is 5.32 Å². The Morgan fingerprint density at radius 2 is 2.17 bits per heavy atom. The van der Waals surface area contributed by atoms with Gasteiger partial charge in [-0.2, -0.15) is 0 Å². The highest BCUT2D eigenvalue weighted by atomic mass is 16.6. The van der Waals surface area contributed by atoms with Crippen LogP contribution in [0.2, 0.25) is 0 Å². The number of aliphatic hydroxyl groups excluding tert-OH is 1. The van der Waals surface area contributed by atoms with Crippen molar-refractivity contribution in [3.63, 3.8) is 0 Å². The van der Waals surface area contributed by atoms with Crippen molar-refractivity contribution in [3.05, 3.63) is 58.5 Å². The molecule has 1 aromatic carbocycles. The van der Waals surface area contributed by atoms with Gasteiger partial charge >= 0.3 is 0 Å². The van der Waals surface area contributed by atoms with E-state index in [-0.39, 0.29) is 30.7 Å². The molecule has 2 aromatic rings. The van der Waals surface area contributed by atoms with Crippen LogP contribution in [-0.2, 0) is 4.79 Å². The summed E-state index contributed by atoms with van der Waals surface area (Å²) in [5, 5.41) is 25.9. The molecule has 1 amide bonds. The quantitative estimate of drug-likeness (QED) is 0.503. The number of rotatable bonds is 8. The first-order valence-corrected chi connectivity index (χ1v) is 7.44. The van der Waals surface area contributed by atoms with Crippen molar-refractivity contribution in [3.8, 4) is 0 Å². The fourth-order valence-corrected chi connectivity index (χ4v) is 2.30. The second-order valence-corrected chi connectivity index (χ2v) is 5.38. The van der Waals surface area contributed by atoms with Crippen LogP contribution in [0.5, 0.6) is 0 Å². The summed E-state index contributed by atoms with van der Waals surface area (Å²) in [6.45, 7) is 1.64. The van der Waals surface area contributed by atoms with Gasteiger partial charge in [0.15, 0.2) is 0 Å². The molecule has 3 N–H and O–H groups in total. The third-order valence-corrected chi connectivity index (χ3v) is 3.39. The number of carbonyl (C=O) groups excluding carboxylic acids is 1. The lowest BCUT2D eigenvalue weighted by Gasteiger charge is -2.19. The van der Waals surface area contributed by atoms with Gasteiger partial charge in [0.25, 0.3) is 5.69 Å². The summed E-state index contributed by atoms with van der Waals surface area (Å²) < 4.78 is 5.24. The number of nitrogens with zero attached hydrogens (tertiary/aromatic N) is 1. The van der Waals surface area contributed by atoms with E-state index < -0.39 is 11.0 Å². The fourth-order valence-electron chi connectivity index (χ4n) is 2.30. The van der Waals surface area contributed by atoms with Crippen LogP contribution in [0.1, 0.15) is 25.1 Å². The summed E-state index contributed by atoms with van der Waals surface area (Å²) in [7, 11) is 0. The molecule has 0 aliphatic carbocycles. The molecule has 0 radical (unpaired) electrons. The SMILES string of the molecule is CC(CC(=O)Nc1cccc([N+](=O)[O-])c1)NC(CO)c1ccco1. The van der Waals surface area contributed by atoms with Gasteiger partial charge in [-0.15, -0.1) is 0 Å². The van der Waals surface area contributed by atoms with Crippen molar-refractivity contribution in [2.45, 2.75) is 25.4 Å². The van der Waals surface area contributed by atoms with E-state index in [1.54, 1.807) is 25.1 Å². The Morgan fingerprint density at radius 3 is 2.79 bits per heavy atom. The molecule has 2 atom stereocenters. The van der Waals surface area contributed by atoms with E-state index in [1.807, 2.05) is 0 Å². The van der Waals surface area contributed by atoms with Crippen LogP contribution in [0.4, 0.5) is 11.4 Å². The number of non-ortho nitro benzene ring substituents is 1. The lowest BCUT2D eigenvalue weighted by molar-refractivity contribution is -0.384. The van der Waals surface area contributed by atoms with Gasteiger partial charge in [-0.1, -0.05) is 6.07 Å². The van der Waals surface area contributed by atoms with Crippen molar-refractivity contribution in [1.29, 1.82) is 0 Å². The van der Waals surface area contributed by atoms with Gasteiger partial charge in [-0.25, -0.2) is 0 Å². The van der Waals surface area contributed by atoms with Gasteiger partial charge in [-0.3, -0.25) is 14.9 Å². The van der Waals surface area contributed by atoms with E-state index in [2.05, 4.69) is 10.6 Å². The molecular formula is C16H19N3O5. The monoisotopic (exact) mass is 333 g/mol. The summed E-state index contributed by atoms with van der Waals surface area (Å²) in [4.78, 5) is 22.3. The minimum atomic E-state index is -0.519. The van der Waals surface area contributed by atoms with E-state index in [4.69, 9.17) is 4.42 Å². The van der Waals surface area contributed by atoms with Crippen LogP contribution in [0, 0.1) is 10.1 Å². The highest BCUT2D eigenvalue weighted by Gasteiger charge is 2.18. The number of amides is 1. The Balaban J connectivity index is 1.89. The summed E-state index contributed by atoms with van der Waals surface area (Å²) >= 11 is 0. The molecule has 128 valence electrons. The minimum absolute atomic E-state index is 0.0860. The zero-order valence-electron chi connectivity index (χ0n) is 13.1. The molecule has 0 aliphatic heterocycles.